The highest BCUT2D eigenvalue weighted by Crippen LogP contribution is 2.38. The number of nitrogens with zero attached hydrogens (tertiary/aromatic N) is 1. The Balaban J connectivity index is 0.000000353. The molecule has 3 rings (SSSR count). The van der Waals surface area contributed by atoms with Gasteiger partial charge in [0.1, 0.15) is 0 Å². The summed E-state index contributed by atoms with van der Waals surface area (Å²) in [7, 11) is 0. The third kappa shape index (κ3) is 17.0. The summed E-state index contributed by atoms with van der Waals surface area (Å²) in [6, 6.07) is 1.30. The molecular weight excluding hydrogens is 578 g/mol. The Bertz CT molecular complexity index is 772. The van der Waals surface area contributed by atoms with Gasteiger partial charge in [0.15, 0.2) is 0 Å². The maximum Gasteiger partial charge on any atom is 0.0685 e. The third-order valence-electron chi connectivity index (χ3n) is 10.7. The zero-order valence-corrected chi connectivity index (χ0v) is 34.2. The van der Waals surface area contributed by atoms with E-state index < -0.39 is 0 Å². The smallest absolute Gasteiger partial charge is 0.0685 e. The van der Waals surface area contributed by atoms with Gasteiger partial charge in [-0.05, 0) is 160 Å². The molecule has 0 radical (unpaired) electrons. The Morgan fingerprint density at radius 3 is 1.30 bits per heavy atom. The van der Waals surface area contributed by atoms with E-state index in [-0.39, 0.29) is 33.2 Å². The van der Waals surface area contributed by atoms with Gasteiger partial charge in [0, 0.05) is 45.3 Å². The molecular formula is C41H85N5O. The van der Waals surface area contributed by atoms with Crippen molar-refractivity contribution < 1.29 is 4.84 Å². The molecule has 0 saturated carbocycles. The summed E-state index contributed by atoms with van der Waals surface area (Å²) < 4.78 is 0. The highest BCUT2D eigenvalue weighted by atomic mass is 16.7. The highest BCUT2D eigenvalue weighted by Gasteiger charge is 2.42. The van der Waals surface area contributed by atoms with Crippen molar-refractivity contribution in [3.63, 3.8) is 0 Å². The Hall–Kier alpha value is -0.240. The molecule has 0 aromatic rings. The van der Waals surface area contributed by atoms with Crippen LogP contribution in [0.3, 0.4) is 0 Å². The molecule has 3 heterocycles. The van der Waals surface area contributed by atoms with Gasteiger partial charge in [0.25, 0.3) is 0 Å². The second-order valence-electron chi connectivity index (χ2n) is 19.7. The minimum Gasteiger partial charge on any atom is -0.314 e. The van der Waals surface area contributed by atoms with Crippen LogP contribution in [0.25, 0.3) is 0 Å². The lowest BCUT2D eigenvalue weighted by Gasteiger charge is -2.51. The minimum atomic E-state index is 0.184. The van der Waals surface area contributed by atoms with Crippen LogP contribution in [0.5, 0.6) is 0 Å². The number of hydrogen-bond donors (Lipinski definition) is 4. The van der Waals surface area contributed by atoms with Crippen molar-refractivity contribution in [1.82, 2.24) is 26.3 Å². The SMILES string of the molecule is CC1(C)CC(NCCCCCCNC2CC(C)(C)NC(C)(C)C2)CC(C)(C)N1.CCCCCCCCON1C(C)(C)CCCC1(C)C. The first-order valence-electron chi connectivity index (χ1n) is 20.2. The van der Waals surface area contributed by atoms with Gasteiger partial charge in [0.05, 0.1) is 6.61 Å². The van der Waals surface area contributed by atoms with Crippen LogP contribution in [-0.2, 0) is 4.84 Å². The Labute approximate surface area is 294 Å². The van der Waals surface area contributed by atoms with Crippen LogP contribution in [0.1, 0.15) is 199 Å². The van der Waals surface area contributed by atoms with Crippen molar-refractivity contribution in [2.45, 2.75) is 244 Å². The normalized spacial score (nSPS) is 25.2. The molecule has 0 amide bonds. The maximum atomic E-state index is 6.15. The number of piperidine rings is 3. The predicted octanol–water partition coefficient (Wildman–Crippen LogP) is 9.67. The quantitative estimate of drug-likeness (QED) is 0.116. The molecule has 4 N–H and O–H groups in total. The Morgan fingerprint density at radius 2 is 0.894 bits per heavy atom. The first-order chi connectivity index (χ1) is 21.7. The Kier molecular flexibility index (Phi) is 17.2. The van der Waals surface area contributed by atoms with Crippen molar-refractivity contribution >= 4 is 0 Å². The van der Waals surface area contributed by atoms with Crippen molar-refractivity contribution in [3.8, 4) is 0 Å². The number of rotatable bonds is 17. The molecule has 0 atom stereocenters. The van der Waals surface area contributed by atoms with Gasteiger partial charge in [-0.1, -0.05) is 51.9 Å². The van der Waals surface area contributed by atoms with Gasteiger partial charge in [-0.15, -0.1) is 0 Å². The predicted molar refractivity (Wildman–Crippen MR) is 206 cm³/mol. The fraction of sp³-hybridized carbons (Fsp3) is 1.00. The van der Waals surface area contributed by atoms with E-state index in [4.69, 9.17) is 4.84 Å². The fourth-order valence-electron chi connectivity index (χ4n) is 9.51. The topological polar surface area (TPSA) is 60.6 Å². The van der Waals surface area contributed by atoms with E-state index in [1.54, 1.807) is 0 Å². The molecule has 0 bridgehead atoms. The van der Waals surface area contributed by atoms with E-state index in [2.05, 4.69) is 116 Å². The highest BCUT2D eigenvalue weighted by molar-refractivity contribution is 5.00. The molecule has 3 saturated heterocycles. The summed E-state index contributed by atoms with van der Waals surface area (Å²) in [5.41, 5.74) is 1.32. The van der Waals surface area contributed by atoms with E-state index in [1.165, 1.54) is 122 Å². The van der Waals surface area contributed by atoms with Crippen LogP contribution < -0.4 is 21.3 Å². The number of hydrogen-bond acceptors (Lipinski definition) is 6. The van der Waals surface area contributed by atoms with Crippen molar-refractivity contribution in [2.75, 3.05) is 19.7 Å². The number of unbranched alkanes of at least 4 members (excludes halogenated alkanes) is 8. The molecule has 47 heavy (non-hydrogen) atoms. The summed E-state index contributed by atoms with van der Waals surface area (Å²) in [5, 5.41) is 17.5. The van der Waals surface area contributed by atoms with Gasteiger partial charge in [0.2, 0.25) is 0 Å². The second kappa shape index (κ2) is 18.8. The van der Waals surface area contributed by atoms with Gasteiger partial charge in [-0.25, -0.2) is 0 Å². The summed E-state index contributed by atoms with van der Waals surface area (Å²) in [6.07, 6.45) is 22.0. The first kappa shape index (κ1) is 42.9. The van der Waals surface area contributed by atoms with Crippen molar-refractivity contribution in [1.29, 1.82) is 0 Å². The number of hydroxylamine groups is 2. The molecule has 3 fully saturated rings. The molecule has 3 aliphatic heterocycles. The Morgan fingerprint density at radius 1 is 0.532 bits per heavy atom. The van der Waals surface area contributed by atoms with E-state index in [0.717, 1.165) is 6.61 Å². The van der Waals surface area contributed by atoms with Crippen LogP contribution in [0.4, 0.5) is 0 Å². The van der Waals surface area contributed by atoms with Gasteiger partial charge >= 0.3 is 0 Å². The van der Waals surface area contributed by atoms with Gasteiger partial charge in [-0.3, -0.25) is 4.84 Å². The molecule has 0 spiro atoms. The van der Waals surface area contributed by atoms with Crippen LogP contribution in [0.2, 0.25) is 0 Å². The molecule has 280 valence electrons. The monoisotopic (exact) mass is 664 g/mol. The van der Waals surface area contributed by atoms with E-state index >= 15 is 0 Å². The molecule has 3 aliphatic rings. The third-order valence-corrected chi connectivity index (χ3v) is 10.7. The zero-order chi connectivity index (χ0) is 35.4. The fourth-order valence-corrected chi connectivity index (χ4v) is 9.51. The van der Waals surface area contributed by atoms with Crippen LogP contribution in [-0.4, -0.2) is 70.1 Å². The zero-order valence-electron chi connectivity index (χ0n) is 34.2. The van der Waals surface area contributed by atoms with Crippen LogP contribution in [0, 0.1) is 0 Å². The molecule has 0 unspecified atom stereocenters. The molecule has 6 heteroatoms. The standard InChI is InChI=1S/C24H50N4.C17H35NO/c1-21(2)15-19(16-22(3,4)27-21)25-13-11-9-10-12-14-26-20-17-23(5,6)28-24(7,8)18-20;1-6-7-8-9-10-11-15-19-18-16(2,3)13-12-14-17(18,4)5/h19-20,25-28H,9-18H2,1-8H3;6-15H2,1-5H3. The van der Waals surface area contributed by atoms with Crippen molar-refractivity contribution in [3.05, 3.63) is 0 Å². The van der Waals surface area contributed by atoms with Gasteiger partial charge in [-0.2, -0.15) is 5.06 Å². The molecule has 0 aromatic heterocycles. The average molecular weight is 664 g/mol. The van der Waals surface area contributed by atoms with E-state index in [9.17, 15) is 0 Å². The summed E-state index contributed by atoms with van der Waals surface area (Å²) >= 11 is 0. The first-order valence-corrected chi connectivity index (χ1v) is 20.2. The summed E-state index contributed by atoms with van der Waals surface area (Å²) in [4.78, 5) is 6.15. The summed E-state index contributed by atoms with van der Waals surface area (Å²) in [5.74, 6) is 0. The van der Waals surface area contributed by atoms with E-state index in [1.807, 2.05) is 0 Å². The van der Waals surface area contributed by atoms with Crippen molar-refractivity contribution in [2.24, 2.45) is 0 Å². The van der Waals surface area contributed by atoms with Crippen LogP contribution >= 0.6 is 0 Å². The molecule has 6 nitrogen and oxygen atoms in total. The van der Waals surface area contributed by atoms with Gasteiger partial charge < -0.3 is 21.3 Å². The lowest BCUT2D eigenvalue weighted by Crippen LogP contribution is -2.61. The van der Waals surface area contributed by atoms with E-state index in [0.29, 0.717) is 12.1 Å². The average Bonchev–Trinajstić information content (AvgIpc) is 2.87. The second-order valence-corrected chi connectivity index (χ2v) is 19.7. The van der Waals surface area contributed by atoms with Crippen LogP contribution in [0.15, 0.2) is 0 Å². The minimum absolute atomic E-state index is 0.184. The lowest BCUT2D eigenvalue weighted by atomic mass is 9.79. The molecule has 0 aromatic carbocycles. The largest absolute Gasteiger partial charge is 0.314 e. The lowest BCUT2D eigenvalue weighted by molar-refractivity contribution is -0.281. The maximum absolute atomic E-state index is 6.15. The molecule has 0 aliphatic carbocycles. The number of nitrogens with one attached hydrogen (secondary N) is 4. The summed E-state index contributed by atoms with van der Waals surface area (Å²) in [6.45, 7) is 33.4.